The smallest absolute Gasteiger partial charge is 0.242 e. The van der Waals surface area contributed by atoms with Crippen molar-refractivity contribution in [3.63, 3.8) is 0 Å². The lowest BCUT2D eigenvalue weighted by molar-refractivity contribution is -0.144. The van der Waals surface area contributed by atoms with Gasteiger partial charge in [-0.3, -0.25) is 15.1 Å². The fourth-order valence-corrected chi connectivity index (χ4v) is 2.72. The van der Waals surface area contributed by atoms with Crippen LogP contribution in [0.4, 0.5) is 0 Å². The van der Waals surface area contributed by atoms with Crippen LogP contribution in [0.5, 0.6) is 0 Å². The first-order valence-electron chi connectivity index (χ1n) is 6.28. The number of carbonyl (C=O) groups excluding carboxylic acids is 1. The van der Waals surface area contributed by atoms with E-state index in [1.54, 1.807) is 6.20 Å². The molecular weight excluding hydrogens is 226 g/mol. The summed E-state index contributed by atoms with van der Waals surface area (Å²) in [5.41, 5.74) is 0.489. The Bertz CT molecular complexity index is 440. The highest BCUT2D eigenvalue weighted by molar-refractivity contribution is 5.86. The van der Waals surface area contributed by atoms with Crippen LogP contribution in [-0.2, 0) is 11.3 Å². The van der Waals surface area contributed by atoms with Gasteiger partial charge in [0.15, 0.2) is 0 Å². The molecule has 1 N–H and O–H groups in total. The van der Waals surface area contributed by atoms with Gasteiger partial charge >= 0.3 is 0 Å². The third kappa shape index (κ3) is 2.70. The molecule has 0 unspecified atom stereocenters. The van der Waals surface area contributed by atoms with E-state index >= 15 is 0 Å². The molecule has 2 rings (SSSR count). The largest absolute Gasteiger partial charge is 0.335 e. The molecule has 2 heterocycles. The summed E-state index contributed by atoms with van der Waals surface area (Å²) in [7, 11) is 0. The summed E-state index contributed by atoms with van der Waals surface area (Å²) in [5, 5.41) is 3.39. The minimum Gasteiger partial charge on any atom is -0.335 e. The molecule has 98 valence electrons. The zero-order valence-electron chi connectivity index (χ0n) is 11.5. The zero-order valence-corrected chi connectivity index (χ0v) is 11.5. The van der Waals surface area contributed by atoms with Crippen LogP contribution in [0, 0.1) is 0 Å². The van der Waals surface area contributed by atoms with Crippen molar-refractivity contribution in [1.29, 1.82) is 0 Å². The second kappa shape index (κ2) is 4.35. The van der Waals surface area contributed by atoms with Crippen LogP contribution in [0.3, 0.4) is 0 Å². The van der Waals surface area contributed by atoms with Gasteiger partial charge in [-0.05, 0) is 39.3 Å². The van der Waals surface area contributed by atoms with Crippen LogP contribution < -0.4 is 5.32 Å². The Kier molecular flexibility index (Phi) is 3.15. The van der Waals surface area contributed by atoms with Crippen LogP contribution in [0.25, 0.3) is 0 Å². The number of hydrogen-bond donors (Lipinski definition) is 1. The summed E-state index contributed by atoms with van der Waals surface area (Å²) in [4.78, 5) is 18.4. The van der Waals surface area contributed by atoms with Crippen molar-refractivity contribution in [1.82, 2.24) is 15.2 Å². The quantitative estimate of drug-likeness (QED) is 0.863. The minimum absolute atomic E-state index is 0.0698. The number of pyridine rings is 1. The molecule has 1 fully saturated rings. The van der Waals surface area contributed by atoms with Crippen LogP contribution in [-0.4, -0.2) is 33.4 Å². The summed E-state index contributed by atoms with van der Waals surface area (Å²) in [6.07, 6.45) is 3.56. The Morgan fingerprint density at radius 1 is 1.39 bits per heavy atom. The van der Waals surface area contributed by atoms with Crippen molar-refractivity contribution >= 4 is 5.91 Å². The fraction of sp³-hybridized carbons (Fsp3) is 0.571. The molecule has 0 bridgehead atoms. The number of piperazine rings is 1. The Labute approximate surface area is 108 Å². The van der Waals surface area contributed by atoms with Gasteiger partial charge in [0.05, 0.1) is 5.54 Å². The van der Waals surface area contributed by atoms with Gasteiger partial charge in [-0.15, -0.1) is 0 Å². The molecule has 1 aromatic rings. The number of nitrogens with zero attached hydrogens (tertiary/aromatic N) is 2. The first kappa shape index (κ1) is 13.0. The number of amides is 1. The Balaban J connectivity index is 2.19. The molecule has 0 spiro atoms. The van der Waals surface area contributed by atoms with E-state index in [4.69, 9.17) is 0 Å². The molecule has 0 aromatic carbocycles. The summed E-state index contributed by atoms with van der Waals surface area (Å²) < 4.78 is 0. The van der Waals surface area contributed by atoms with Crippen LogP contribution >= 0.6 is 0 Å². The highest BCUT2D eigenvalue weighted by Gasteiger charge is 2.43. The summed E-state index contributed by atoms with van der Waals surface area (Å²) in [5.74, 6) is 0.144. The van der Waals surface area contributed by atoms with E-state index in [-0.39, 0.29) is 11.4 Å². The minimum atomic E-state index is -0.510. The molecule has 0 radical (unpaired) electrons. The van der Waals surface area contributed by atoms with E-state index < -0.39 is 5.54 Å². The molecule has 1 aliphatic heterocycles. The first-order valence-corrected chi connectivity index (χ1v) is 6.28. The van der Waals surface area contributed by atoms with Crippen LogP contribution in [0.15, 0.2) is 24.5 Å². The van der Waals surface area contributed by atoms with E-state index in [1.807, 2.05) is 37.1 Å². The molecule has 0 aliphatic carbocycles. The average molecular weight is 247 g/mol. The lowest BCUT2D eigenvalue weighted by Crippen LogP contribution is -2.69. The first-order chi connectivity index (χ1) is 8.30. The number of carbonyl (C=O) groups is 1. The second-order valence-electron chi connectivity index (χ2n) is 6.16. The highest BCUT2D eigenvalue weighted by Crippen LogP contribution is 2.23. The SMILES string of the molecule is CC1(C)CN(Cc2cccnc2)C(=O)C(C)(C)N1. The lowest BCUT2D eigenvalue weighted by atomic mass is 9.90. The van der Waals surface area contributed by atoms with Gasteiger partial charge in [-0.25, -0.2) is 0 Å². The van der Waals surface area contributed by atoms with Gasteiger partial charge in [0.25, 0.3) is 0 Å². The number of hydrogen-bond acceptors (Lipinski definition) is 3. The van der Waals surface area contributed by atoms with E-state index in [9.17, 15) is 4.79 Å². The predicted molar refractivity (Wildman–Crippen MR) is 70.9 cm³/mol. The third-order valence-electron chi connectivity index (χ3n) is 3.16. The Hall–Kier alpha value is -1.42. The number of nitrogens with one attached hydrogen (secondary N) is 1. The van der Waals surface area contributed by atoms with Crippen LogP contribution in [0.2, 0.25) is 0 Å². The highest BCUT2D eigenvalue weighted by atomic mass is 16.2. The molecule has 4 nitrogen and oxygen atoms in total. The predicted octanol–water partition coefficient (Wildman–Crippen LogP) is 1.57. The van der Waals surface area contributed by atoms with Gasteiger partial charge in [0, 0.05) is 31.0 Å². The van der Waals surface area contributed by atoms with Crippen molar-refractivity contribution in [2.75, 3.05) is 6.54 Å². The maximum atomic E-state index is 12.4. The van der Waals surface area contributed by atoms with Crippen molar-refractivity contribution in [3.05, 3.63) is 30.1 Å². The fourth-order valence-electron chi connectivity index (χ4n) is 2.72. The standard InChI is InChI=1S/C14H21N3O/c1-13(2)10-17(12(18)14(3,4)16-13)9-11-6-5-7-15-8-11/h5-8,16H,9-10H2,1-4H3. The number of rotatable bonds is 2. The number of aromatic nitrogens is 1. The van der Waals surface area contributed by atoms with Gasteiger partial charge in [0.2, 0.25) is 5.91 Å². The maximum Gasteiger partial charge on any atom is 0.242 e. The topological polar surface area (TPSA) is 45.2 Å². The molecule has 0 saturated carbocycles. The van der Waals surface area contributed by atoms with E-state index in [0.29, 0.717) is 13.1 Å². The van der Waals surface area contributed by atoms with Crippen molar-refractivity contribution in [2.45, 2.75) is 45.3 Å². The van der Waals surface area contributed by atoms with Gasteiger partial charge < -0.3 is 4.90 Å². The third-order valence-corrected chi connectivity index (χ3v) is 3.16. The maximum absolute atomic E-state index is 12.4. The average Bonchev–Trinajstić information content (AvgIpc) is 2.25. The van der Waals surface area contributed by atoms with Crippen LogP contribution in [0.1, 0.15) is 33.3 Å². The summed E-state index contributed by atoms with van der Waals surface area (Å²) in [6.45, 7) is 9.46. The van der Waals surface area contributed by atoms with Crippen molar-refractivity contribution in [2.24, 2.45) is 0 Å². The van der Waals surface area contributed by atoms with E-state index in [1.165, 1.54) is 0 Å². The normalized spacial score (nSPS) is 22.0. The molecule has 1 amide bonds. The molecule has 4 heteroatoms. The van der Waals surface area contributed by atoms with Crippen molar-refractivity contribution < 1.29 is 4.79 Å². The van der Waals surface area contributed by atoms with E-state index in [0.717, 1.165) is 5.56 Å². The van der Waals surface area contributed by atoms with Gasteiger partial charge in [0.1, 0.15) is 0 Å². The van der Waals surface area contributed by atoms with Gasteiger partial charge in [-0.2, -0.15) is 0 Å². The second-order valence-corrected chi connectivity index (χ2v) is 6.16. The molecule has 18 heavy (non-hydrogen) atoms. The van der Waals surface area contributed by atoms with E-state index in [2.05, 4.69) is 24.1 Å². The molecule has 1 aromatic heterocycles. The molecule has 1 aliphatic rings. The summed E-state index contributed by atoms with van der Waals surface area (Å²) >= 11 is 0. The molecular formula is C14H21N3O. The van der Waals surface area contributed by atoms with Crippen molar-refractivity contribution in [3.8, 4) is 0 Å². The van der Waals surface area contributed by atoms with Gasteiger partial charge in [-0.1, -0.05) is 6.07 Å². The monoisotopic (exact) mass is 247 g/mol. The Morgan fingerprint density at radius 3 is 2.72 bits per heavy atom. The Morgan fingerprint density at radius 2 is 2.11 bits per heavy atom. The summed E-state index contributed by atoms with van der Waals surface area (Å²) in [6, 6.07) is 3.90. The lowest BCUT2D eigenvalue weighted by Gasteiger charge is -2.47. The molecule has 0 atom stereocenters. The zero-order chi connectivity index (χ0) is 13.4. The molecule has 1 saturated heterocycles.